The van der Waals surface area contributed by atoms with Crippen LogP contribution in [0.25, 0.3) is 10.2 Å². The van der Waals surface area contributed by atoms with Crippen LogP contribution in [0, 0.1) is 13.8 Å². The number of aromatic nitrogens is 2. The number of thiophene rings is 1. The molecule has 1 aromatic carbocycles. The number of halogens is 1. The van der Waals surface area contributed by atoms with Crippen LogP contribution >= 0.6 is 34.7 Å². The third-order valence-corrected chi connectivity index (χ3v) is 6.45. The molecule has 0 unspecified atom stereocenters. The van der Waals surface area contributed by atoms with Crippen LogP contribution in [0.3, 0.4) is 0 Å². The van der Waals surface area contributed by atoms with Gasteiger partial charge in [0.15, 0.2) is 5.16 Å². The van der Waals surface area contributed by atoms with Crippen LogP contribution in [0.4, 0.5) is 5.69 Å². The smallest absolute Gasteiger partial charge is 0.263 e. The first-order chi connectivity index (χ1) is 12.8. The Morgan fingerprint density at radius 1 is 1.37 bits per heavy atom. The van der Waals surface area contributed by atoms with Gasteiger partial charge in [0.05, 0.1) is 11.1 Å². The highest BCUT2D eigenvalue weighted by Crippen LogP contribution is 2.29. The number of rotatable bonds is 5. The third kappa shape index (κ3) is 4.20. The normalized spacial score (nSPS) is 11.3. The Labute approximate surface area is 170 Å². The minimum Gasteiger partial charge on any atom is -0.325 e. The van der Waals surface area contributed by atoms with Gasteiger partial charge in [-0.15, -0.1) is 11.3 Å². The molecular weight excluding hydrogens is 402 g/mol. The number of carbonyl (C=O) groups excluding carboxylic acids is 1. The maximum Gasteiger partial charge on any atom is 0.263 e. The predicted molar refractivity (Wildman–Crippen MR) is 115 cm³/mol. The van der Waals surface area contributed by atoms with Gasteiger partial charge in [-0.25, -0.2) is 4.98 Å². The van der Waals surface area contributed by atoms with Crippen LogP contribution in [0.5, 0.6) is 0 Å². The standard InChI is InChI=1S/C19H20ClN3O2S2/c1-10(2)23-18(25)16-11(3)12(4)27-17(16)22-19(23)26-9-15(24)21-14-7-5-6-13(20)8-14/h5-8,10H,9H2,1-4H3,(H,21,24). The molecule has 27 heavy (non-hydrogen) atoms. The molecule has 5 nitrogen and oxygen atoms in total. The molecule has 1 N–H and O–H groups in total. The molecule has 0 saturated carbocycles. The average Bonchev–Trinajstić information content (AvgIpc) is 2.87. The number of benzene rings is 1. The van der Waals surface area contributed by atoms with E-state index >= 15 is 0 Å². The molecule has 3 rings (SSSR count). The summed E-state index contributed by atoms with van der Waals surface area (Å²) in [7, 11) is 0. The highest BCUT2D eigenvalue weighted by Gasteiger charge is 2.19. The van der Waals surface area contributed by atoms with Crippen molar-refractivity contribution >= 4 is 56.5 Å². The Kier molecular flexibility index (Phi) is 5.93. The molecule has 0 spiro atoms. The van der Waals surface area contributed by atoms with Gasteiger partial charge < -0.3 is 5.32 Å². The van der Waals surface area contributed by atoms with E-state index in [4.69, 9.17) is 11.6 Å². The zero-order valence-corrected chi connectivity index (χ0v) is 17.9. The third-order valence-electron chi connectivity index (χ3n) is 4.16. The largest absolute Gasteiger partial charge is 0.325 e. The summed E-state index contributed by atoms with van der Waals surface area (Å²) in [5.74, 6) is -0.0222. The minimum atomic E-state index is -0.176. The Morgan fingerprint density at radius 3 is 2.78 bits per heavy atom. The molecule has 0 atom stereocenters. The van der Waals surface area contributed by atoms with Crippen molar-refractivity contribution in [1.29, 1.82) is 0 Å². The van der Waals surface area contributed by atoms with Gasteiger partial charge in [0.25, 0.3) is 5.56 Å². The molecule has 0 radical (unpaired) electrons. The highest BCUT2D eigenvalue weighted by molar-refractivity contribution is 7.99. The van der Waals surface area contributed by atoms with Crippen molar-refractivity contribution in [1.82, 2.24) is 9.55 Å². The Morgan fingerprint density at radius 2 is 2.11 bits per heavy atom. The zero-order valence-electron chi connectivity index (χ0n) is 15.5. The lowest BCUT2D eigenvalue weighted by Gasteiger charge is -2.15. The lowest BCUT2D eigenvalue weighted by molar-refractivity contribution is -0.113. The van der Waals surface area contributed by atoms with E-state index in [9.17, 15) is 9.59 Å². The molecule has 0 aliphatic carbocycles. The second-order valence-electron chi connectivity index (χ2n) is 6.47. The SMILES string of the molecule is Cc1sc2nc(SCC(=O)Nc3cccc(Cl)c3)n(C(C)C)c(=O)c2c1C. The molecule has 2 aromatic heterocycles. The monoisotopic (exact) mass is 421 g/mol. The van der Waals surface area contributed by atoms with Gasteiger partial charge in [0.1, 0.15) is 4.83 Å². The lowest BCUT2D eigenvalue weighted by Crippen LogP contribution is -2.25. The second-order valence-corrected chi connectivity index (χ2v) is 9.06. The van der Waals surface area contributed by atoms with Crippen molar-refractivity contribution in [3.63, 3.8) is 0 Å². The number of thioether (sulfide) groups is 1. The highest BCUT2D eigenvalue weighted by atomic mass is 35.5. The number of aryl methyl sites for hydroxylation is 2. The fraction of sp³-hybridized carbons (Fsp3) is 0.316. The molecule has 142 valence electrons. The van der Waals surface area contributed by atoms with Crippen molar-refractivity contribution in [3.05, 3.63) is 50.1 Å². The van der Waals surface area contributed by atoms with E-state index in [0.717, 1.165) is 15.3 Å². The van der Waals surface area contributed by atoms with Gasteiger partial charge in [-0.05, 0) is 51.5 Å². The Hall–Kier alpha value is -1.83. The van der Waals surface area contributed by atoms with Crippen LogP contribution in [-0.2, 0) is 4.79 Å². The molecular formula is C19H20ClN3O2S2. The molecule has 0 aliphatic heterocycles. The van der Waals surface area contributed by atoms with Crippen LogP contribution in [-0.4, -0.2) is 21.2 Å². The first kappa shape index (κ1) is 19.9. The lowest BCUT2D eigenvalue weighted by atomic mass is 10.2. The number of anilines is 1. The van der Waals surface area contributed by atoms with Crippen molar-refractivity contribution in [3.8, 4) is 0 Å². The molecule has 8 heteroatoms. The number of hydrogen-bond acceptors (Lipinski definition) is 5. The van der Waals surface area contributed by atoms with Crippen molar-refractivity contribution in [2.45, 2.75) is 38.9 Å². The number of carbonyl (C=O) groups is 1. The fourth-order valence-electron chi connectivity index (χ4n) is 2.74. The summed E-state index contributed by atoms with van der Waals surface area (Å²) in [6.07, 6.45) is 0. The Balaban J connectivity index is 1.87. The van der Waals surface area contributed by atoms with Gasteiger partial charge >= 0.3 is 0 Å². The predicted octanol–water partition coefficient (Wildman–Crippen LogP) is 5.04. The topological polar surface area (TPSA) is 64.0 Å². The van der Waals surface area contributed by atoms with E-state index in [1.165, 1.54) is 23.1 Å². The second kappa shape index (κ2) is 8.04. The quantitative estimate of drug-likeness (QED) is 0.463. The van der Waals surface area contributed by atoms with Crippen LogP contribution in [0.2, 0.25) is 5.02 Å². The molecule has 0 saturated heterocycles. The summed E-state index contributed by atoms with van der Waals surface area (Å²) in [4.78, 5) is 31.8. The van der Waals surface area contributed by atoms with Crippen molar-refractivity contribution < 1.29 is 4.79 Å². The number of hydrogen-bond donors (Lipinski definition) is 1. The summed E-state index contributed by atoms with van der Waals surface area (Å²) in [5, 5.41) is 4.61. The fourth-order valence-corrected chi connectivity index (χ4v) is 4.93. The molecule has 0 bridgehead atoms. The number of amides is 1. The maximum absolute atomic E-state index is 13.0. The van der Waals surface area contributed by atoms with Gasteiger partial charge in [0, 0.05) is 21.6 Å². The molecule has 1 amide bonds. The van der Waals surface area contributed by atoms with Crippen molar-refractivity contribution in [2.24, 2.45) is 0 Å². The van der Waals surface area contributed by atoms with E-state index < -0.39 is 0 Å². The molecule has 0 aliphatic rings. The van der Waals surface area contributed by atoms with Crippen molar-refractivity contribution in [2.75, 3.05) is 11.1 Å². The average molecular weight is 422 g/mol. The van der Waals surface area contributed by atoms with E-state index in [1.807, 2.05) is 27.7 Å². The number of nitrogens with zero attached hydrogens (tertiary/aromatic N) is 2. The molecule has 3 aromatic rings. The number of nitrogens with one attached hydrogen (secondary N) is 1. The van der Waals surface area contributed by atoms with Gasteiger partial charge in [-0.2, -0.15) is 0 Å². The van der Waals surface area contributed by atoms with E-state index in [-0.39, 0.29) is 23.3 Å². The van der Waals surface area contributed by atoms with Gasteiger partial charge in [-0.1, -0.05) is 29.4 Å². The minimum absolute atomic E-state index is 0.0467. The number of fused-ring (bicyclic) bond motifs is 1. The first-order valence-corrected chi connectivity index (χ1v) is 10.7. The molecule has 0 fully saturated rings. The van der Waals surface area contributed by atoms with E-state index in [2.05, 4.69) is 10.3 Å². The summed E-state index contributed by atoms with van der Waals surface area (Å²) in [6.45, 7) is 7.83. The van der Waals surface area contributed by atoms with E-state index in [0.29, 0.717) is 21.3 Å². The summed E-state index contributed by atoms with van der Waals surface area (Å²) in [6, 6.07) is 6.94. The Bertz CT molecular complexity index is 1070. The summed E-state index contributed by atoms with van der Waals surface area (Å²) < 4.78 is 1.67. The first-order valence-electron chi connectivity index (χ1n) is 8.48. The van der Waals surface area contributed by atoms with Gasteiger partial charge in [-0.3, -0.25) is 14.2 Å². The summed E-state index contributed by atoms with van der Waals surface area (Å²) in [5.41, 5.74) is 1.58. The maximum atomic E-state index is 13.0. The van der Waals surface area contributed by atoms with Crippen LogP contribution < -0.4 is 10.9 Å². The molecule has 2 heterocycles. The van der Waals surface area contributed by atoms with Crippen LogP contribution in [0.15, 0.2) is 34.2 Å². The van der Waals surface area contributed by atoms with E-state index in [1.54, 1.807) is 28.8 Å². The van der Waals surface area contributed by atoms with Gasteiger partial charge in [0.2, 0.25) is 5.91 Å². The zero-order chi connectivity index (χ0) is 19.7. The van der Waals surface area contributed by atoms with Crippen LogP contribution in [0.1, 0.15) is 30.3 Å². The summed E-state index contributed by atoms with van der Waals surface area (Å²) >= 11 is 8.72.